The highest BCUT2D eigenvalue weighted by molar-refractivity contribution is 9.09. The number of hydrogen-bond donors (Lipinski definition) is 0. The average Bonchev–Trinajstić information content (AvgIpc) is 2.41. The molecule has 1 aliphatic heterocycles. The topological polar surface area (TPSA) is 20.3 Å². The number of alkyl halides is 2. The van der Waals surface area contributed by atoms with Gasteiger partial charge in [0.05, 0.1) is 4.83 Å². The molecule has 1 saturated heterocycles. The smallest absolute Gasteiger partial charge is 0.138 e. The molecule has 1 aliphatic rings. The molecule has 1 unspecified atom stereocenters. The van der Waals surface area contributed by atoms with Gasteiger partial charge in [-0.1, -0.05) is 40.2 Å². The monoisotopic (exact) mass is 313 g/mol. The van der Waals surface area contributed by atoms with Crippen LogP contribution in [-0.2, 0) is 11.3 Å². The lowest BCUT2D eigenvalue weighted by atomic mass is 10.1. The highest BCUT2D eigenvalue weighted by atomic mass is 79.9. The van der Waals surface area contributed by atoms with E-state index in [0.717, 1.165) is 31.5 Å². The number of benzene rings is 1. The van der Waals surface area contributed by atoms with Crippen LogP contribution in [0.1, 0.15) is 28.8 Å². The Bertz CT molecular complexity index is 387. The average molecular weight is 314 g/mol. The van der Waals surface area contributed by atoms with Gasteiger partial charge >= 0.3 is 0 Å². The molecule has 1 fully saturated rings. The molecule has 0 radical (unpaired) electrons. The van der Waals surface area contributed by atoms with Gasteiger partial charge in [0, 0.05) is 19.6 Å². The number of piperidine rings is 1. The minimum atomic E-state index is -0.620. The summed E-state index contributed by atoms with van der Waals surface area (Å²) < 4.78 is 13.0. The van der Waals surface area contributed by atoms with Crippen LogP contribution in [0.15, 0.2) is 24.3 Å². The molecule has 1 atom stereocenters. The molecule has 18 heavy (non-hydrogen) atoms. The summed E-state index contributed by atoms with van der Waals surface area (Å²) in [5.74, 6) is 0. The summed E-state index contributed by atoms with van der Waals surface area (Å²) in [6.45, 7) is 2.53. The number of carbonyl (C=O) groups excluding carboxylic acids is 1. The number of rotatable bonds is 4. The highest BCUT2D eigenvalue weighted by Gasteiger charge is 2.18. The summed E-state index contributed by atoms with van der Waals surface area (Å²) >= 11 is 3.29. The van der Waals surface area contributed by atoms with Gasteiger partial charge in [0.2, 0.25) is 0 Å². The molecule has 0 amide bonds. The zero-order chi connectivity index (χ0) is 13.0. The Kier molecular flexibility index (Phi) is 4.89. The summed E-state index contributed by atoms with van der Waals surface area (Å²) in [4.78, 5) is 12.7. The largest absolute Gasteiger partial charge is 0.302 e. The lowest BCUT2D eigenvalue weighted by Gasteiger charge is -2.28. The van der Waals surface area contributed by atoms with Crippen molar-refractivity contribution in [1.82, 2.24) is 4.90 Å². The summed E-state index contributed by atoms with van der Waals surface area (Å²) in [5.41, 5.74) is 2.18. The van der Waals surface area contributed by atoms with E-state index in [1.807, 2.05) is 24.3 Å². The number of likely N-dealkylation sites (tertiary alicyclic amines) is 1. The molecule has 0 aromatic heterocycles. The van der Waals surface area contributed by atoms with Crippen molar-refractivity contribution in [1.29, 1.82) is 0 Å². The van der Waals surface area contributed by atoms with Crippen molar-refractivity contribution in [2.45, 2.75) is 30.4 Å². The molecule has 1 aromatic rings. The van der Waals surface area contributed by atoms with E-state index in [1.165, 1.54) is 5.56 Å². The standard InChI is InChI=1S/C14H17BrFNO/c15-14(10-18)12-3-1-11(2-4-12)9-17-7-5-13(16)6-8-17/h1-4,10,13-14H,5-9H2. The van der Waals surface area contributed by atoms with Crippen molar-refractivity contribution in [2.75, 3.05) is 13.1 Å². The molecule has 1 heterocycles. The third-order valence-electron chi connectivity index (χ3n) is 3.34. The molecule has 2 nitrogen and oxygen atoms in total. The molecule has 1 aromatic carbocycles. The molecule has 0 N–H and O–H groups in total. The number of nitrogens with zero attached hydrogens (tertiary/aromatic N) is 1. The van der Waals surface area contributed by atoms with E-state index in [0.29, 0.717) is 12.8 Å². The van der Waals surface area contributed by atoms with E-state index in [9.17, 15) is 9.18 Å². The summed E-state index contributed by atoms with van der Waals surface area (Å²) in [7, 11) is 0. The van der Waals surface area contributed by atoms with Gasteiger partial charge in [-0.3, -0.25) is 4.90 Å². The molecule has 0 bridgehead atoms. The van der Waals surface area contributed by atoms with Gasteiger partial charge in [0.25, 0.3) is 0 Å². The first kappa shape index (κ1) is 13.7. The quantitative estimate of drug-likeness (QED) is 0.628. The Morgan fingerprint density at radius 3 is 2.50 bits per heavy atom. The molecule has 2 rings (SSSR count). The van der Waals surface area contributed by atoms with Gasteiger partial charge in [-0.05, 0) is 24.0 Å². The van der Waals surface area contributed by atoms with Crippen molar-refractivity contribution in [3.8, 4) is 0 Å². The fourth-order valence-electron chi connectivity index (χ4n) is 2.20. The van der Waals surface area contributed by atoms with E-state index >= 15 is 0 Å². The first-order chi connectivity index (χ1) is 8.69. The van der Waals surface area contributed by atoms with Crippen LogP contribution in [0.25, 0.3) is 0 Å². The molecule has 0 spiro atoms. The van der Waals surface area contributed by atoms with Crippen LogP contribution >= 0.6 is 15.9 Å². The van der Waals surface area contributed by atoms with Crippen molar-refractivity contribution in [3.63, 3.8) is 0 Å². The third kappa shape index (κ3) is 3.62. The predicted molar refractivity (Wildman–Crippen MR) is 73.6 cm³/mol. The normalized spacial score (nSPS) is 19.7. The van der Waals surface area contributed by atoms with Crippen molar-refractivity contribution in [3.05, 3.63) is 35.4 Å². The zero-order valence-corrected chi connectivity index (χ0v) is 11.8. The number of aldehydes is 1. The predicted octanol–water partition coefficient (Wildman–Crippen LogP) is 3.26. The Labute approximate surface area is 115 Å². The molecule has 0 saturated carbocycles. The van der Waals surface area contributed by atoms with Gasteiger partial charge < -0.3 is 4.79 Å². The van der Waals surface area contributed by atoms with E-state index in [1.54, 1.807) is 0 Å². The summed E-state index contributed by atoms with van der Waals surface area (Å²) in [6.07, 6.45) is 1.55. The minimum absolute atomic E-state index is 0.228. The van der Waals surface area contributed by atoms with Crippen LogP contribution in [0.2, 0.25) is 0 Å². The van der Waals surface area contributed by atoms with Gasteiger partial charge in [-0.2, -0.15) is 0 Å². The highest BCUT2D eigenvalue weighted by Crippen LogP contribution is 2.21. The maximum atomic E-state index is 13.0. The van der Waals surface area contributed by atoms with Crippen LogP contribution in [0.3, 0.4) is 0 Å². The van der Waals surface area contributed by atoms with Crippen molar-refractivity contribution >= 4 is 22.2 Å². The van der Waals surface area contributed by atoms with Gasteiger partial charge in [0.15, 0.2) is 0 Å². The van der Waals surface area contributed by atoms with E-state index in [4.69, 9.17) is 0 Å². The molecule has 98 valence electrons. The second kappa shape index (κ2) is 6.43. The molecular weight excluding hydrogens is 297 g/mol. The van der Waals surface area contributed by atoms with E-state index < -0.39 is 6.17 Å². The summed E-state index contributed by atoms with van der Waals surface area (Å²) in [6, 6.07) is 8.00. The Morgan fingerprint density at radius 1 is 1.33 bits per heavy atom. The summed E-state index contributed by atoms with van der Waals surface area (Å²) in [5, 5.41) is 0. The molecular formula is C14H17BrFNO. The van der Waals surface area contributed by atoms with E-state index in [2.05, 4.69) is 20.8 Å². The maximum absolute atomic E-state index is 13.0. The first-order valence-corrected chi connectivity index (χ1v) is 7.15. The van der Waals surface area contributed by atoms with Crippen LogP contribution in [0, 0.1) is 0 Å². The number of hydrogen-bond acceptors (Lipinski definition) is 2. The molecule has 0 aliphatic carbocycles. The second-order valence-electron chi connectivity index (χ2n) is 4.73. The maximum Gasteiger partial charge on any atom is 0.138 e. The van der Waals surface area contributed by atoms with Crippen molar-refractivity contribution in [2.24, 2.45) is 0 Å². The fraction of sp³-hybridized carbons (Fsp3) is 0.500. The Balaban J connectivity index is 1.92. The van der Waals surface area contributed by atoms with Crippen molar-refractivity contribution < 1.29 is 9.18 Å². The fourth-order valence-corrected chi connectivity index (χ4v) is 2.51. The second-order valence-corrected chi connectivity index (χ2v) is 5.72. The van der Waals surface area contributed by atoms with Crippen LogP contribution < -0.4 is 0 Å². The lowest BCUT2D eigenvalue weighted by Crippen LogP contribution is -2.33. The zero-order valence-electron chi connectivity index (χ0n) is 10.2. The van der Waals surface area contributed by atoms with Gasteiger partial charge in [-0.15, -0.1) is 0 Å². The number of halogens is 2. The van der Waals surface area contributed by atoms with Crippen LogP contribution in [-0.4, -0.2) is 30.4 Å². The van der Waals surface area contributed by atoms with Gasteiger partial charge in [-0.25, -0.2) is 4.39 Å². The third-order valence-corrected chi connectivity index (χ3v) is 4.09. The van der Waals surface area contributed by atoms with Crippen LogP contribution in [0.4, 0.5) is 4.39 Å². The SMILES string of the molecule is O=CC(Br)c1ccc(CN2CCC(F)CC2)cc1. The lowest BCUT2D eigenvalue weighted by molar-refractivity contribution is -0.107. The van der Waals surface area contributed by atoms with E-state index in [-0.39, 0.29) is 4.83 Å². The van der Waals surface area contributed by atoms with Crippen LogP contribution in [0.5, 0.6) is 0 Å². The first-order valence-electron chi connectivity index (χ1n) is 6.23. The Hall–Kier alpha value is -0.740. The molecule has 4 heteroatoms. The number of carbonyl (C=O) groups is 1. The van der Waals surface area contributed by atoms with Gasteiger partial charge in [0.1, 0.15) is 12.5 Å². The Morgan fingerprint density at radius 2 is 1.94 bits per heavy atom. The minimum Gasteiger partial charge on any atom is -0.302 e.